The maximum absolute atomic E-state index is 13.6. The molecule has 7 nitrogen and oxygen atoms in total. The van der Waals surface area contributed by atoms with E-state index < -0.39 is 5.54 Å². The SMILES string of the molecule is CC(C)CCN(CC(=O)N(Cc1ccc(F)cc1)Cc1coc2ccccc2c1=O)C(=O)NC(C)(C)C. The number of carbonyl (C=O) groups excluding carboxylic acids is 2. The number of carbonyl (C=O) groups is 2. The summed E-state index contributed by atoms with van der Waals surface area (Å²) in [5, 5.41) is 3.36. The molecule has 2 aromatic carbocycles. The minimum Gasteiger partial charge on any atom is -0.464 e. The number of nitrogens with one attached hydrogen (secondary N) is 1. The first kappa shape index (κ1) is 27.9. The van der Waals surface area contributed by atoms with Crippen molar-refractivity contribution in [1.82, 2.24) is 15.1 Å². The van der Waals surface area contributed by atoms with Crippen LogP contribution in [0.4, 0.5) is 9.18 Å². The van der Waals surface area contributed by atoms with Crippen LogP contribution in [0.5, 0.6) is 0 Å². The molecule has 0 atom stereocenters. The van der Waals surface area contributed by atoms with E-state index in [0.29, 0.717) is 34.6 Å². The summed E-state index contributed by atoms with van der Waals surface area (Å²) in [7, 11) is 0. The third-order valence-corrected chi connectivity index (χ3v) is 5.82. The Bertz CT molecular complexity index is 1280. The van der Waals surface area contributed by atoms with Gasteiger partial charge in [-0.05, 0) is 62.9 Å². The molecule has 0 aliphatic carbocycles. The van der Waals surface area contributed by atoms with Gasteiger partial charge in [0.05, 0.1) is 23.8 Å². The molecule has 0 spiro atoms. The summed E-state index contributed by atoms with van der Waals surface area (Å²) in [5.41, 5.74) is 0.802. The zero-order valence-corrected chi connectivity index (χ0v) is 22.2. The predicted molar refractivity (Wildman–Crippen MR) is 142 cm³/mol. The minimum absolute atomic E-state index is 0.0116. The molecule has 1 N–H and O–H groups in total. The lowest BCUT2D eigenvalue weighted by atomic mass is 10.1. The van der Waals surface area contributed by atoms with E-state index in [4.69, 9.17) is 4.42 Å². The van der Waals surface area contributed by atoms with Gasteiger partial charge in [0.25, 0.3) is 0 Å². The van der Waals surface area contributed by atoms with Crippen molar-refractivity contribution in [2.45, 2.75) is 59.7 Å². The van der Waals surface area contributed by atoms with Crippen LogP contribution in [0.1, 0.15) is 52.2 Å². The van der Waals surface area contributed by atoms with Gasteiger partial charge in [0.2, 0.25) is 5.91 Å². The van der Waals surface area contributed by atoms with E-state index in [1.54, 1.807) is 36.4 Å². The number of para-hydroxylation sites is 1. The van der Waals surface area contributed by atoms with Crippen molar-refractivity contribution in [2.75, 3.05) is 13.1 Å². The fourth-order valence-electron chi connectivity index (χ4n) is 3.80. The molecule has 1 aromatic heterocycles. The summed E-state index contributed by atoms with van der Waals surface area (Å²) in [4.78, 5) is 42.8. The number of urea groups is 1. The van der Waals surface area contributed by atoms with Crippen molar-refractivity contribution in [3.05, 3.63) is 82.0 Å². The second-order valence-corrected chi connectivity index (χ2v) is 10.7. The summed E-state index contributed by atoms with van der Waals surface area (Å²) in [6.07, 6.45) is 2.11. The zero-order valence-electron chi connectivity index (χ0n) is 22.2. The van der Waals surface area contributed by atoms with E-state index in [9.17, 15) is 18.8 Å². The Morgan fingerprint density at radius 1 is 1.00 bits per heavy atom. The lowest BCUT2D eigenvalue weighted by Gasteiger charge is -2.31. The van der Waals surface area contributed by atoms with Crippen LogP contribution in [-0.4, -0.2) is 40.4 Å². The Kier molecular flexibility index (Phi) is 9.08. The molecule has 1 heterocycles. The topological polar surface area (TPSA) is 82.9 Å². The van der Waals surface area contributed by atoms with Gasteiger partial charge in [-0.1, -0.05) is 38.1 Å². The standard InChI is InChI=1S/C29H36FN3O4/c1-20(2)14-15-32(28(36)31-29(3,4)5)18-26(34)33(16-21-10-12-23(30)13-11-21)17-22-19-37-25-9-7-6-8-24(25)27(22)35/h6-13,19-20H,14-18H2,1-5H3,(H,31,36). The van der Waals surface area contributed by atoms with E-state index in [1.807, 2.05) is 20.8 Å². The molecule has 0 radical (unpaired) electrons. The van der Waals surface area contributed by atoms with Gasteiger partial charge in [-0.15, -0.1) is 0 Å². The van der Waals surface area contributed by atoms with Crippen LogP contribution in [0.2, 0.25) is 0 Å². The number of hydrogen-bond donors (Lipinski definition) is 1. The third kappa shape index (κ3) is 8.17. The highest BCUT2D eigenvalue weighted by atomic mass is 19.1. The molecule has 0 fully saturated rings. The van der Waals surface area contributed by atoms with Crippen molar-refractivity contribution < 1.29 is 18.4 Å². The van der Waals surface area contributed by atoms with Crippen LogP contribution in [-0.2, 0) is 17.9 Å². The Labute approximate surface area is 217 Å². The average Bonchev–Trinajstić information content (AvgIpc) is 2.83. The van der Waals surface area contributed by atoms with Crippen LogP contribution < -0.4 is 10.7 Å². The van der Waals surface area contributed by atoms with Gasteiger partial charge in [0, 0.05) is 18.6 Å². The van der Waals surface area contributed by atoms with Gasteiger partial charge in [0.15, 0.2) is 5.43 Å². The summed E-state index contributed by atoms with van der Waals surface area (Å²) < 4.78 is 19.1. The first-order valence-electron chi connectivity index (χ1n) is 12.5. The van der Waals surface area contributed by atoms with Crippen molar-refractivity contribution in [3.63, 3.8) is 0 Å². The third-order valence-electron chi connectivity index (χ3n) is 5.82. The molecule has 0 aliphatic heterocycles. The van der Waals surface area contributed by atoms with Gasteiger partial charge in [0.1, 0.15) is 17.9 Å². The fraction of sp³-hybridized carbons (Fsp3) is 0.414. The molecule has 3 rings (SSSR count). The lowest BCUT2D eigenvalue weighted by molar-refractivity contribution is -0.133. The summed E-state index contributed by atoms with van der Waals surface area (Å²) in [5.74, 6) is -0.363. The van der Waals surface area contributed by atoms with E-state index in [-0.39, 0.29) is 42.8 Å². The van der Waals surface area contributed by atoms with Gasteiger partial charge in [-0.2, -0.15) is 0 Å². The highest BCUT2D eigenvalue weighted by Crippen LogP contribution is 2.15. The molecular formula is C29H36FN3O4. The maximum atomic E-state index is 13.6. The molecule has 3 amide bonds. The fourth-order valence-corrected chi connectivity index (χ4v) is 3.80. The quantitative estimate of drug-likeness (QED) is 0.423. The highest BCUT2D eigenvalue weighted by molar-refractivity contribution is 5.84. The first-order chi connectivity index (χ1) is 17.4. The highest BCUT2D eigenvalue weighted by Gasteiger charge is 2.25. The minimum atomic E-state index is -0.464. The van der Waals surface area contributed by atoms with Crippen LogP contribution >= 0.6 is 0 Å². The Balaban J connectivity index is 1.90. The molecule has 0 saturated carbocycles. The zero-order chi connectivity index (χ0) is 27.2. The van der Waals surface area contributed by atoms with Crippen LogP contribution in [0.25, 0.3) is 11.0 Å². The number of halogens is 1. The average molecular weight is 510 g/mol. The molecule has 3 aromatic rings. The van der Waals surface area contributed by atoms with Crippen molar-refractivity contribution in [3.8, 4) is 0 Å². The number of hydrogen-bond acceptors (Lipinski definition) is 4. The summed E-state index contributed by atoms with van der Waals surface area (Å²) in [6.45, 7) is 10.1. The number of fused-ring (bicyclic) bond motifs is 1. The molecule has 37 heavy (non-hydrogen) atoms. The van der Waals surface area contributed by atoms with Crippen LogP contribution in [0, 0.1) is 11.7 Å². The van der Waals surface area contributed by atoms with E-state index in [0.717, 1.165) is 6.42 Å². The number of amides is 3. The van der Waals surface area contributed by atoms with E-state index in [2.05, 4.69) is 19.2 Å². The van der Waals surface area contributed by atoms with Gasteiger partial charge >= 0.3 is 6.03 Å². The number of benzene rings is 2. The van der Waals surface area contributed by atoms with Crippen LogP contribution in [0.15, 0.2) is 64.0 Å². The summed E-state index contributed by atoms with van der Waals surface area (Å²) in [6, 6.07) is 12.5. The Hall–Kier alpha value is -3.68. The molecule has 198 valence electrons. The molecule has 0 aliphatic rings. The smallest absolute Gasteiger partial charge is 0.318 e. The Morgan fingerprint density at radius 2 is 1.68 bits per heavy atom. The number of rotatable bonds is 9. The largest absolute Gasteiger partial charge is 0.464 e. The number of nitrogens with zero attached hydrogens (tertiary/aromatic N) is 2. The van der Waals surface area contributed by atoms with Crippen molar-refractivity contribution in [1.29, 1.82) is 0 Å². The van der Waals surface area contributed by atoms with Gasteiger partial charge in [-0.3, -0.25) is 9.59 Å². The van der Waals surface area contributed by atoms with Crippen LogP contribution in [0.3, 0.4) is 0 Å². The second-order valence-electron chi connectivity index (χ2n) is 10.7. The van der Waals surface area contributed by atoms with E-state index >= 15 is 0 Å². The second kappa shape index (κ2) is 12.0. The predicted octanol–water partition coefficient (Wildman–Crippen LogP) is 5.32. The molecule has 0 saturated heterocycles. The lowest BCUT2D eigenvalue weighted by Crippen LogP contribution is -2.52. The van der Waals surface area contributed by atoms with Gasteiger partial charge < -0.3 is 19.5 Å². The molecular weight excluding hydrogens is 473 g/mol. The molecule has 8 heteroatoms. The van der Waals surface area contributed by atoms with Crippen molar-refractivity contribution in [2.24, 2.45) is 5.92 Å². The van der Waals surface area contributed by atoms with Crippen molar-refractivity contribution >= 4 is 22.9 Å². The normalized spacial score (nSPS) is 11.5. The Morgan fingerprint density at radius 3 is 2.32 bits per heavy atom. The monoisotopic (exact) mass is 509 g/mol. The maximum Gasteiger partial charge on any atom is 0.318 e. The van der Waals surface area contributed by atoms with E-state index in [1.165, 1.54) is 28.2 Å². The summed E-state index contributed by atoms with van der Waals surface area (Å²) >= 11 is 0. The molecule has 0 bridgehead atoms. The van der Waals surface area contributed by atoms with Gasteiger partial charge in [-0.25, -0.2) is 9.18 Å². The molecule has 0 unspecified atom stereocenters. The first-order valence-corrected chi connectivity index (χ1v) is 12.5.